The van der Waals surface area contributed by atoms with Crippen LogP contribution in [0.2, 0.25) is 0 Å². The summed E-state index contributed by atoms with van der Waals surface area (Å²) in [6.45, 7) is 3.92. The first-order valence-corrected chi connectivity index (χ1v) is 9.25. The maximum absolute atomic E-state index is 13.3. The summed E-state index contributed by atoms with van der Waals surface area (Å²) in [5.41, 5.74) is 1.39. The van der Waals surface area contributed by atoms with Gasteiger partial charge in [0.05, 0.1) is 12.0 Å². The predicted octanol–water partition coefficient (Wildman–Crippen LogP) is 4.64. The van der Waals surface area contributed by atoms with E-state index in [0.717, 1.165) is 16.7 Å². The summed E-state index contributed by atoms with van der Waals surface area (Å²) in [7, 11) is 1.51. The van der Waals surface area contributed by atoms with Crippen molar-refractivity contribution in [2.75, 3.05) is 13.7 Å². The molecule has 0 atom stereocenters. The van der Waals surface area contributed by atoms with Gasteiger partial charge in [-0.05, 0) is 53.2 Å². The summed E-state index contributed by atoms with van der Waals surface area (Å²) < 4.78 is 24.4. The smallest absolute Gasteiger partial charge is 0.293 e. The van der Waals surface area contributed by atoms with Crippen molar-refractivity contribution in [3.63, 3.8) is 0 Å². The first kappa shape index (κ1) is 19.7. The number of thioether (sulfide) groups is 1. The van der Waals surface area contributed by atoms with E-state index in [1.807, 2.05) is 0 Å². The van der Waals surface area contributed by atoms with Crippen molar-refractivity contribution in [3.05, 3.63) is 77.0 Å². The van der Waals surface area contributed by atoms with Gasteiger partial charge in [-0.2, -0.15) is 0 Å². The fourth-order valence-corrected chi connectivity index (χ4v) is 3.47. The highest BCUT2D eigenvalue weighted by molar-refractivity contribution is 8.18. The summed E-state index contributed by atoms with van der Waals surface area (Å²) in [6.07, 6.45) is 3.14. The zero-order valence-corrected chi connectivity index (χ0v) is 16.0. The number of rotatable bonds is 7. The Hall–Kier alpha value is -3.06. The lowest BCUT2D eigenvalue weighted by Crippen LogP contribution is -2.27. The Balaban J connectivity index is 1.77. The van der Waals surface area contributed by atoms with Gasteiger partial charge in [0.15, 0.2) is 11.5 Å². The van der Waals surface area contributed by atoms with E-state index in [2.05, 4.69) is 6.58 Å². The molecule has 1 aliphatic rings. The zero-order chi connectivity index (χ0) is 20.1. The van der Waals surface area contributed by atoms with Gasteiger partial charge in [0.1, 0.15) is 12.4 Å². The largest absolute Gasteiger partial charge is 0.493 e. The quantitative estimate of drug-likeness (QED) is 0.502. The van der Waals surface area contributed by atoms with Crippen LogP contribution in [-0.2, 0) is 11.4 Å². The van der Waals surface area contributed by atoms with Crippen molar-refractivity contribution in [3.8, 4) is 11.5 Å². The molecular weight excluding hydrogens is 381 g/mol. The predicted molar refractivity (Wildman–Crippen MR) is 107 cm³/mol. The average Bonchev–Trinajstić information content (AvgIpc) is 2.94. The molecule has 3 rings (SSSR count). The van der Waals surface area contributed by atoms with Crippen LogP contribution in [0, 0.1) is 5.82 Å². The number of hydrogen-bond acceptors (Lipinski definition) is 5. The molecule has 0 aromatic heterocycles. The average molecular weight is 399 g/mol. The van der Waals surface area contributed by atoms with E-state index in [-0.39, 0.29) is 30.1 Å². The second-order valence-electron chi connectivity index (χ2n) is 5.91. The minimum atomic E-state index is -0.347. The normalized spacial score (nSPS) is 15.2. The number of amides is 2. The fourth-order valence-electron chi connectivity index (χ4n) is 2.62. The Morgan fingerprint density at radius 1 is 1.18 bits per heavy atom. The van der Waals surface area contributed by atoms with E-state index in [1.165, 1.54) is 25.3 Å². The molecule has 0 radical (unpaired) electrons. The first-order chi connectivity index (χ1) is 13.5. The van der Waals surface area contributed by atoms with Crippen LogP contribution in [-0.4, -0.2) is 29.7 Å². The Bertz CT molecular complexity index is 957. The monoisotopic (exact) mass is 399 g/mol. The molecule has 7 heteroatoms. The maximum Gasteiger partial charge on any atom is 0.293 e. The molecule has 2 aromatic carbocycles. The Labute approximate surface area is 166 Å². The summed E-state index contributed by atoms with van der Waals surface area (Å²) in [5.74, 6) is 0.285. The summed E-state index contributed by atoms with van der Waals surface area (Å²) >= 11 is 0.886. The number of benzene rings is 2. The highest BCUT2D eigenvalue weighted by atomic mass is 32.2. The third-order valence-electron chi connectivity index (χ3n) is 3.95. The molecule has 1 aliphatic heterocycles. The Kier molecular flexibility index (Phi) is 6.16. The van der Waals surface area contributed by atoms with E-state index in [9.17, 15) is 14.0 Å². The number of hydrogen-bond donors (Lipinski definition) is 0. The molecule has 5 nitrogen and oxygen atoms in total. The molecule has 0 aliphatic carbocycles. The zero-order valence-electron chi connectivity index (χ0n) is 15.2. The second kappa shape index (κ2) is 8.75. The third-order valence-corrected chi connectivity index (χ3v) is 4.86. The number of ether oxygens (including phenoxy) is 2. The molecule has 1 fully saturated rings. The van der Waals surface area contributed by atoms with Gasteiger partial charge in [0.2, 0.25) is 0 Å². The van der Waals surface area contributed by atoms with Gasteiger partial charge in [0.25, 0.3) is 11.1 Å². The van der Waals surface area contributed by atoms with Crippen molar-refractivity contribution in [2.45, 2.75) is 6.61 Å². The molecule has 2 amide bonds. The van der Waals surface area contributed by atoms with Gasteiger partial charge >= 0.3 is 0 Å². The van der Waals surface area contributed by atoms with E-state index < -0.39 is 0 Å². The van der Waals surface area contributed by atoms with Crippen LogP contribution in [0.1, 0.15) is 11.1 Å². The first-order valence-electron chi connectivity index (χ1n) is 8.43. The highest BCUT2D eigenvalue weighted by Crippen LogP contribution is 2.34. The van der Waals surface area contributed by atoms with Crippen LogP contribution < -0.4 is 9.47 Å². The van der Waals surface area contributed by atoms with E-state index in [0.29, 0.717) is 27.5 Å². The molecule has 28 heavy (non-hydrogen) atoms. The number of nitrogens with zero attached hydrogens (tertiary/aromatic N) is 1. The highest BCUT2D eigenvalue weighted by Gasteiger charge is 2.34. The van der Waals surface area contributed by atoms with Crippen LogP contribution in [0.4, 0.5) is 9.18 Å². The van der Waals surface area contributed by atoms with Gasteiger partial charge in [-0.3, -0.25) is 14.5 Å². The van der Waals surface area contributed by atoms with Crippen LogP contribution in [0.5, 0.6) is 11.5 Å². The van der Waals surface area contributed by atoms with E-state index in [1.54, 1.807) is 36.4 Å². The van der Waals surface area contributed by atoms with Crippen molar-refractivity contribution in [1.29, 1.82) is 0 Å². The standard InChI is InChI=1S/C21H18FNO4S/c1-3-9-23-20(24)19(28-21(23)25)12-14-7-8-17(18(11-14)26-2)27-13-15-5-4-6-16(22)10-15/h3-8,10-12H,1,9,13H2,2H3/b19-12+. The number of carbonyl (C=O) groups is 2. The number of imide groups is 1. The van der Waals surface area contributed by atoms with Crippen LogP contribution in [0.3, 0.4) is 0 Å². The number of halogens is 1. The van der Waals surface area contributed by atoms with Gasteiger partial charge in [0, 0.05) is 6.54 Å². The molecule has 2 aromatic rings. The van der Waals surface area contributed by atoms with Crippen molar-refractivity contribution in [2.24, 2.45) is 0 Å². The topological polar surface area (TPSA) is 55.8 Å². The minimum Gasteiger partial charge on any atom is -0.493 e. The Morgan fingerprint density at radius 2 is 2.00 bits per heavy atom. The van der Waals surface area contributed by atoms with E-state index in [4.69, 9.17) is 9.47 Å². The SMILES string of the molecule is C=CCN1C(=O)S/C(=C/c2ccc(OCc3cccc(F)c3)c(OC)c2)C1=O. The lowest BCUT2D eigenvalue weighted by atomic mass is 10.1. The van der Waals surface area contributed by atoms with Gasteiger partial charge < -0.3 is 9.47 Å². The molecule has 0 bridgehead atoms. The molecule has 0 spiro atoms. The van der Waals surface area contributed by atoms with Gasteiger partial charge in [-0.1, -0.05) is 24.3 Å². The lowest BCUT2D eigenvalue weighted by Gasteiger charge is -2.12. The third kappa shape index (κ3) is 4.43. The summed E-state index contributed by atoms with van der Waals surface area (Å²) in [6, 6.07) is 11.3. The summed E-state index contributed by atoms with van der Waals surface area (Å²) in [4.78, 5) is 25.7. The Morgan fingerprint density at radius 3 is 2.71 bits per heavy atom. The lowest BCUT2D eigenvalue weighted by molar-refractivity contribution is -0.122. The van der Waals surface area contributed by atoms with Gasteiger partial charge in [-0.25, -0.2) is 4.39 Å². The van der Waals surface area contributed by atoms with Crippen molar-refractivity contribution in [1.82, 2.24) is 4.90 Å². The molecule has 0 saturated carbocycles. The molecule has 1 saturated heterocycles. The summed E-state index contributed by atoms with van der Waals surface area (Å²) in [5, 5.41) is -0.321. The number of methoxy groups -OCH3 is 1. The van der Waals surface area contributed by atoms with Crippen molar-refractivity contribution < 1.29 is 23.5 Å². The molecular formula is C21H18FNO4S. The molecule has 1 heterocycles. The van der Waals surface area contributed by atoms with Crippen LogP contribution in [0.25, 0.3) is 6.08 Å². The number of carbonyl (C=O) groups excluding carboxylic acids is 2. The maximum atomic E-state index is 13.3. The molecule has 0 N–H and O–H groups in total. The van der Waals surface area contributed by atoms with Crippen molar-refractivity contribution >= 4 is 29.0 Å². The van der Waals surface area contributed by atoms with Crippen LogP contribution in [0.15, 0.2) is 60.0 Å². The molecule has 0 unspecified atom stereocenters. The fraction of sp³-hybridized carbons (Fsp3) is 0.143. The minimum absolute atomic E-state index is 0.179. The molecule has 144 valence electrons. The van der Waals surface area contributed by atoms with Gasteiger partial charge in [-0.15, -0.1) is 6.58 Å². The van der Waals surface area contributed by atoms with E-state index >= 15 is 0 Å². The second-order valence-corrected chi connectivity index (χ2v) is 6.90. The van der Waals surface area contributed by atoms with Crippen LogP contribution >= 0.6 is 11.8 Å².